The lowest BCUT2D eigenvalue weighted by Gasteiger charge is -2.25. The molecule has 0 atom stereocenters. The molecular formula is C22H24F2N6O4. The van der Waals surface area contributed by atoms with E-state index >= 15 is 0 Å². The zero-order valence-electron chi connectivity index (χ0n) is 18.2. The van der Waals surface area contributed by atoms with E-state index in [1.807, 2.05) is 12.1 Å². The molecule has 0 amide bonds. The van der Waals surface area contributed by atoms with Crippen LogP contribution in [-0.4, -0.2) is 64.2 Å². The number of anilines is 3. The molecule has 0 aromatic carbocycles. The largest absolute Gasteiger partial charge is 0.473 e. The van der Waals surface area contributed by atoms with Crippen LogP contribution in [-0.2, 0) is 9.59 Å². The highest BCUT2D eigenvalue weighted by Crippen LogP contribution is 2.34. The van der Waals surface area contributed by atoms with Crippen LogP contribution in [0.4, 0.5) is 26.2 Å². The van der Waals surface area contributed by atoms with Gasteiger partial charge in [-0.05, 0) is 61.7 Å². The second-order valence-corrected chi connectivity index (χ2v) is 7.97. The molecule has 2 aromatic rings. The molecule has 10 nitrogen and oxygen atoms in total. The minimum atomic E-state index is -2.68. The fourth-order valence-corrected chi connectivity index (χ4v) is 3.78. The maximum absolute atomic E-state index is 13.7. The Hall–Kier alpha value is -3.85. The summed E-state index contributed by atoms with van der Waals surface area (Å²) in [6, 6.07) is 9.26. The van der Waals surface area contributed by atoms with E-state index in [2.05, 4.69) is 26.7 Å². The second-order valence-electron chi connectivity index (χ2n) is 7.97. The normalized spacial score (nSPS) is 17.3. The van der Waals surface area contributed by atoms with E-state index in [4.69, 9.17) is 25.1 Å². The summed E-state index contributed by atoms with van der Waals surface area (Å²) in [7, 11) is 0. The predicted molar refractivity (Wildman–Crippen MR) is 118 cm³/mol. The molecule has 0 aliphatic carbocycles. The van der Waals surface area contributed by atoms with Crippen molar-refractivity contribution in [3.8, 4) is 6.07 Å². The average Bonchev–Trinajstić information content (AvgIpc) is 3.19. The second kappa shape index (κ2) is 10.8. The topological polar surface area (TPSA) is 151 Å². The van der Waals surface area contributed by atoms with Crippen LogP contribution in [0.1, 0.15) is 36.3 Å². The van der Waals surface area contributed by atoms with E-state index in [-0.39, 0.29) is 19.5 Å². The molecule has 0 bridgehead atoms. The maximum atomic E-state index is 13.7. The number of alkyl halides is 2. The molecule has 0 unspecified atom stereocenters. The molecule has 0 saturated carbocycles. The van der Waals surface area contributed by atoms with Gasteiger partial charge in [0.15, 0.2) is 0 Å². The summed E-state index contributed by atoms with van der Waals surface area (Å²) >= 11 is 0. The fraction of sp³-hybridized carbons (Fsp3) is 0.409. The van der Waals surface area contributed by atoms with Gasteiger partial charge in [-0.25, -0.2) is 28.3 Å². The van der Waals surface area contributed by atoms with Gasteiger partial charge in [-0.3, -0.25) is 0 Å². The fourth-order valence-electron chi connectivity index (χ4n) is 3.78. The number of carbonyl (C=O) groups is 2. The third-order valence-electron chi connectivity index (χ3n) is 5.47. The highest BCUT2D eigenvalue weighted by atomic mass is 19.3. The van der Waals surface area contributed by atoms with E-state index in [1.54, 1.807) is 23.2 Å². The Bertz CT molecular complexity index is 1070. The van der Waals surface area contributed by atoms with Crippen LogP contribution >= 0.6 is 0 Å². The Morgan fingerprint density at radius 1 is 1.18 bits per heavy atom. The van der Waals surface area contributed by atoms with Gasteiger partial charge in [0.25, 0.3) is 5.92 Å². The van der Waals surface area contributed by atoms with E-state index in [0.717, 1.165) is 31.5 Å². The summed E-state index contributed by atoms with van der Waals surface area (Å²) in [6.07, 6.45) is 3.41. The van der Waals surface area contributed by atoms with E-state index in [9.17, 15) is 8.78 Å². The van der Waals surface area contributed by atoms with Gasteiger partial charge in [0.2, 0.25) is 0 Å². The molecular weight excluding hydrogens is 450 g/mol. The summed E-state index contributed by atoms with van der Waals surface area (Å²) < 4.78 is 27.5. The molecule has 4 heterocycles. The molecule has 2 aromatic heterocycles. The first-order valence-corrected chi connectivity index (χ1v) is 10.6. The van der Waals surface area contributed by atoms with Gasteiger partial charge < -0.3 is 25.7 Å². The van der Waals surface area contributed by atoms with Crippen molar-refractivity contribution >= 4 is 29.4 Å². The number of halogens is 2. The Balaban J connectivity index is 0.000000481. The zero-order valence-corrected chi connectivity index (χ0v) is 18.2. The third-order valence-corrected chi connectivity index (χ3v) is 5.47. The summed E-state index contributed by atoms with van der Waals surface area (Å²) in [6.45, 7) is 1.87. The van der Waals surface area contributed by atoms with E-state index in [0.29, 0.717) is 28.9 Å². The van der Waals surface area contributed by atoms with Crippen LogP contribution in [0, 0.1) is 11.3 Å². The summed E-state index contributed by atoms with van der Waals surface area (Å²) in [5, 5.41) is 30.3. The summed E-state index contributed by atoms with van der Waals surface area (Å²) in [5.74, 6) is -4.33. The SMILES string of the molecule is N#Cc1ccnc(Nc2cc(C3CCNCC3)cc(N3CCC(F)(F)C3)n2)c1.O=C(O)C(=O)O. The number of carboxylic acid groups (broad SMARTS) is 2. The number of hydrogen-bond acceptors (Lipinski definition) is 8. The van der Waals surface area contributed by atoms with Crippen molar-refractivity contribution in [1.29, 1.82) is 5.26 Å². The first-order chi connectivity index (χ1) is 16.2. The van der Waals surface area contributed by atoms with Crippen molar-refractivity contribution < 1.29 is 28.6 Å². The first-order valence-electron chi connectivity index (χ1n) is 10.6. The minimum absolute atomic E-state index is 0.152. The molecule has 34 heavy (non-hydrogen) atoms. The number of pyridine rings is 2. The molecule has 2 aliphatic rings. The lowest BCUT2D eigenvalue weighted by atomic mass is 9.90. The van der Waals surface area contributed by atoms with Gasteiger partial charge in [-0.2, -0.15) is 5.26 Å². The number of nitrogens with one attached hydrogen (secondary N) is 2. The minimum Gasteiger partial charge on any atom is -0.473 e. The van der Waals surface area contributed by atoms with Gasteiger partial charge in [0, 0.05) is 19.2 Å². The first kappa shape index (κ1) is 24.8. The molecule has 4 N–H and O–H groups in total. The van der Waals surface area contributed by atoms with Crippen molar-refractivity contribution in [1.82, 2.24) is 15.3 Å². The van der Waals surface area contributed by atoms with Crippen molar-refractivity contribution in [2.45, 2.75) is 31.1 Å². The third kappa shape index (κ3) is 6.82. The van der Waals surface area contributed by atoms with Gasteiger partial charge in [-0.15, -0.1) is 0 Å². The number of aliphatic carboxylic acids is 2. The number of rotatable bonds is 4. The number of nitriles is 1. The molecule has 4 rings (SSSR count). The predicted octanol–water partition coefficient (Wildman–Crippen LogP) is 2.56. The number of aromatic nitrogens is 2. The van der Waals surface area contributed by atoms with Crippen LogP contribution in [0.2, 0.25) is 0 Å². The Morgan fingerprint density at radius 3 is 2.47 bits per heavy atom. The molecule has 2 fully saturated rings. The highest BCUT2D eigenvalue weighted by Gasteiger charge is 2.39. The van der Waals surface area contributed by atoms with Crippen molar-refractivity contribution in [2.24, 2.45) is 0 Å². The average molecular weight is 474 g/mol. The molecule has 2 saturated heterocycles. The lowest BCUT2D eigenvalue weighted by molar-refractivity contribution is -0.159. The Kier molecular flexibility index (Phi) is 7.91. The number of nitrogens with zero attached hydrogens (tertiary/aromatic N) is 4. The molecule has 12 heteroatoms. The van der Waals surface area contributed by atoms with Gasteiger partial charge >= 0.3 is 11.9 Å². The lowest BCUT2D eigenvalue weighted by Crippen LogP contribution is -2.28. The number of piperidine rings is 1. The smallest absolute Gasteiger partial charge is 0.414 e. The zero-order chi connectivity index (χ0) is 24.7. The maximum Gasteiger partial charge on any atom is 0.414 e. The number of hydrogen-bond donors (Lipinski definition) is 4. The van der Waals surface area contributed by atoms with Gasteiger partial charge in [0.1, 0.15) is 17.5 Å². The Morgan fingerprint density at radius 2 is 1.88 bits per heavy atom. The number of carboxylic acids is 2. The van der Waals surface area contributed by atoms with Crippen molar-refractivity contribution in [2.75, 3.05) is 36.4 Å². The summed E-state index contributed by atoms with van der Waals surface area (Å²) in [4.78, 5) is 28.6. The molecule has 180 valence electrons. The van der Waals surface area contributed by atoms with Crippen LogP contribution in [0.15, 0.2) is 30.5 Å². The summed E-state index contributed by atoms with van der Waals surface area (Å²) in [5.41, 5.74) is 1.59. The van der Waals surface area contributed by atoms with Crippen molar-refractivity contribution in [3.63, 3.8) is 0 Å². The van der Waals surface area contributed by atoms with Crippen LogP contribution in [0.25, 0.3) is 0 Å². The quantitative estimate of drug-likeness (QED) is 0.487. The molecule has 0 spiro atoms. The van der Waals surface area contributed by atoms with Crippen molar-refractivity contribution in [3.05, 3.63) is 41.6 Å². The molecule has 2 aliphatic heterocycles. The van der Waals surface area contributed by atoms with Crippen LogP contribution in [0.3, 0.4) is 0 Å². The molecule has 0 radical (unpaired) electrons. The highest BCUT2D eigenvalue weighted by molar-refractivity contribution is 6.27. The van der Waals surface area contributed by atoms with Crippen LogP contribution in [0.5, 0.6) is 0 Å². The van der Waals surface area contributed by atoms with Gasteiger partial charge in [-0.1, -0.05) is 0 Å². The Labute approximate surface area is 194 Å². The van der Waals surface area contributed by atoms with Crippen LogP contribution < -0.4 is 15.5 Å². The monoisotopic (exact) mass is 474 g/mol. The van der Waals surface area contributed by atoms with E-state index < -0.39 is 17.9 Å². The van der Waals surface area contributed by atoms with E-state index in [1.165, 1.54) is 0 Å². The van der Waals surface area contributed by atoms with Gasteiger partial charge in [0.05, 0.1) is 18.2 Å². The standard InChI is InChI=1S/C20H22F2N6.C2H2O4/c21-20(22)4-8-28(13-20)19-11-16(15-2-5-24-6-3-15)10-18(27-19)26-17-9-14(12-23)1-7-25-17;3-1(4)2(5)6/h1,7,9-11,15,24H,2-6,8,13H2,(H,25,26,27);(H,3,4)(H,5,6).